The zero-order chi connectivity index (χ0) is 12.8. The molecule has 0 N–H and O–H groups in total. The van der Waals surface area contributed by atoms with E-state index in [1.807, 2.05) is 31.3 Å². The molecule has 4 heteroatoms. The number of hydrogen-bond donors (Lipinski definition) is 0. The van der Waals surface area contributed by atoms with Gasteiger partial charge in [0.2, 0.25) is 0 Å². The summed E-state index contributed by atoms with van der Waals surface area (Å²) in [4.78, 5) is 10.2. The Kier molecular flexibility index (Phi) is 3.87. The Morgan fingerprint density at radius 2 is 2.00 bits per heavy atom. The van der Waals surface area contributed by atoms with Crippen molar-refractivity contribution in [2.45, 2.75) is 6.42 Å². The summed E-state index contributed by atoms with van der Waals surface area (Å²) < 4.78 is 0. The van der Waals surface area contributed by atoms with Gasteiger partial charge < -0.3 is 4.90 Å². The minimum atomic E-state index is 0.446. The first-order valence-corrected chi connectivity index (χ1v) is 5.76. The second kappa shape index (κ2) is 5.78. The lowest BCUT2D eigenvalue weighted by molar-refractivity contribution is 0.871. The molecule has 0 aliphatic carbocycles. The highest BCUT2D eigenvalue weighted by atomic mass is 15.1. The van der Waals surface area contributed by atoms with Crippen LogP contribution in [-0.2, 0) is 6.42 Å². The molecule has 2 aromatic rings. The van der Waals surface area contributed by atoms with Crippen molar-refractivity contribution in [2.24, 2.45) is 0 Å². The molecule has 0 amide bonds. The van der Waals surface area contributed by atoms with E-state index < -0.39 is 0 Å². The Bertz CT molecular complexity index is 528. The van der Waals surface area contributed by atoms with E-state index in [-0.39, 0.29) is 0 Å². The third-order valence-electron chi connectivity index (χ3n) is 2.79. The number of nitrogens with zero attached hydrogens (tertiary/aromatic N) is 4. The number of aromatic nitrogens is 2. The van der Waals surface area contributed by atoms with E-state index in [9.17, 15) is 0 Å². The summed E-state index contributed by atoms with van der Waals surface area (Å²) in [5.74, 6) is 0. The highest BCUT2D eigenvalue weighted by Gasteiger charge is 2.02. The first kappa shape index (κ1) is 12.1. The van der Waals surface area contributed by atoms with E-state index in [0.717, 1.165) is 18.7 Å². The molecule has 0 saturated carbocycles. The van der Waals surface area contributed by atoms with Crippen molar-refractivity contribution in [1.29, 1.82) is 5.26 Å². The smallest absolute Gasteiger partial charge is 0.140 e. The van der Waals surface area contributed by atoms with Crippen LogP contribution >= 0.6 is 0 Å². The molecule has 0 aliphatic heterocycles. The largest absolute Gasteiger partial charge is 0.373 e. The number of pyridine rings is 2. The summed E-state index contributed by atoms with van der Waals surface area (Å²) in [7, 11) is 2.02. The molecule has 0 atom stereocenters. The van der Waals surface area contributed by atoms with Crippen molar-refractivity contribution < 1.29 is 0 Å². The second-order valence-corrected chi connectivity index (χ2v) is 4.04. The second-order valence-electron chi connectivity index (χ2n) is 4.04. The van der Waals surface area contributed by atoms with E-state index in [0.29, 0.717) is 5.69 Å². The summed E-state index contributed by atoms with van der Waals surface area (Å²) >= 11 is 0. The number of hydrogen-bond acceptors (Lipinski definition) is 4. The molecule has 0 saturated heterocycles. The first-order chi connectivity index (χ1) is 8.79. The van der Waals surface area contributed by atoms with Gasteiger partial charge in [0, 0.05) is 26.0 Å². The van der Waals surface area contributed by atoms with Gasteiger partial charge in [-0.3, -0.25) is 4.98 Å². The van der Waals surface area contributed by atoms with Gasteiger partial charge in [0.05, 0.1) is 11.9 Å². The molecule has 0 spiro atoms. The Morgan fingerprint density at radius 1 is 1.22 bits per heavy atom. The van der Waals surface area contributed by atoms with Crippen LogP contribution in [0.3, 0.4) is 0 Å². The van der Waals surface area contributed by atoms with Crippen LogP contribution < -0.4 is 4.90 Å². The van der Waals surface area contributed by atoms with Crippen LogP contribution in [0.2, 0.25) is 0 Å². The highest BCUT2D eigenvalue weighted by Crippen LogP contribution is 2.11. The van der Waals surface area contributed by atoms with Gasteiger partial charge in [0.15, 0.2) is 0 Å². The number of rotatable bonds is 4. The predicted octanol–water partition coefficient (Wildman–Crippen LogP) is 2.03. The third kappa shape index (κ3) is 3.05. The number of likely N-dealkylation sites (N-methyl/N-ethyl adjacent to an activating group) is 1. The molecule has 0 aromatic carbocycles. The lowest BCUT2D eigenvalue weighted by Gasteiger charge is -2.18. The van der Waals surface area contributed by atoms with Crippen LogP contribution in [0.4, 0.5) is 5.69 Å². The standard InChI is InChI=1S/C14H14N4/c1-18(9-6-12-4-7-16-8-5-12)14-3-2-13(10-15)17-11-14/h2-5,7-8,11H,6,9H2,1H3. The van der Waals surface area contributed by atoms with Gasteiger partial charge >= 0.3 is 0 Å². The Hall–Kier alpha value is -2.41. The van der Waals surface area contributed by atoms with Gasteiger partial charge in [-0.2, -0.15) is 5.26 Å². The minimum Gasteiger partial charge on any atom is -0.373 e. The Morgan fingerprint density at radius 3 is 2.61 bits per heavy atom. The third-order valence-corrected chi connectivity index (χ3v) is 2.79. The van der Waals surface area contributed by atoms with Crippen LogP contribution in [0, 0.1) is 11.3 Å². The zero-order valence-electron chi connectivity index (χ0n) is 10.2. The van der Waals surface area contributed by atoms with Crippen molar-refractivity contribution in [1.82, 2.24) is 9.97 Å². The van der Waals surface area contributed by atoms with Crippen LogP contribution in [-0.4, -0.2) is 23.6 Å². The van der Waals surface area contributed by atoms with Gasteiger partial charge in [-0.15, -0.1) is 0 Å². The molecule has 2 rings (SSSR count). The molecule has 2 heterocycles. The number of nitriles is 1. The van der Waals surface area contributed by atoms with E-state index in [1.165, 1.54) is 5.56 Å². The van der Waals surface area contributed by atoms with Crippen LogP contribution in [0.1, 0.15) is 11.3 Å². The lowest BCUT2D eigenvalue weighted by Crippen LogP contribution is -2.20. The summed E-state index contributed by atoms with van der Waals surface area (Å²) in [6.07, 6.45) is 6.29. The fourth-order valence-corrected chi connectivity index (χ4v) is 1.65. The van der Waals surface area contributed by atoms with Crippen LogP contribution in [0.15, 0.2) is 42.9 Å². The average molecular weight is 238 g/mol. The fourth-order valence-electron chi connectivity index (χ4n) is 1.65. The summed E-state index contributed by atoms with van der Waals surface area (Å²) in [6, 6.07) is 9.70. The molecule has 0 aliphatic rings. The van der Waals surface area contributed by atoms with Crippen LogP contribution in [0.5, 0.6) is 0 Å². The van der Waals surface area contributed by atoms with Gasteiger partial charge in [-0.1, -0.05) is 0 Å². The van der Waals surface area contributed by atoms with Crippen molar-refractivity contribution in [3.63, 3.8) is 0 Å². The van der Waals surface area contributed by atoms with E-state index in [1.54, 1.807) is 24.7 Å². The lowest BCUT2D eigenvalue weighted by atomic mass is 10.2. The molecule has 2 aromatic heterocycles. The molecule has 18 heavy (non-hydrogen) atoms. The zero-order valence-corrected chi connectivity index (χ0v) is 10.2. The van der Waals surface area contributed by atoms with Crippen molar-refractivity contribution in [3.8, 4) is 6.07 Å². The van der Waals surface area contributed by atoms with E-state index in [4.69, 9.17) is 5.26 Å². The fraction of sp³-hybridized carbons (Fsp3) is 0.214. The summed E-state index contributed by atoms with van der Waals surface area (Å²) in [5.41, 5.74) is 2.72. The van der Waals surface area contributed by atoms with Crippen molar-refractivity contribution in [2.75, 3.05) is 18.5 Å². The SMILES string of the molecule is CN(CCc1ccncc1)c1ccc(C#N)nc1. The van der Waals surface area contributed by atoms with Gasteiger partial charge in [-0.25, -0.2) is 4.98 Å². The van der Waals surface area contributed by atoms with Crippen molar-refractivity contribution >= 4 is 5.69 Å². The predicted molar refractivity (Wildman–Crippen MR) is 70.2 cm³/mol. The topological polar surface area (TPSA) is 52.8 Å². The molecular weight excluding hydrogens is 224 g/mol. The molecule has 0 unspecified atom stereocenters. The molecular formula is C14H14N4. The molecule has 0 radical (unpaired) electrons. The molecule has 4 nitrogen and oxygen atoms in total. The average Bonchev–Trinajstić information content (AvgIpc) is 2.46. The maximum absolute atomic E-state index is 8.69. The highest BCUT2D eigenvalue weighted by molar-refractivity contribution is 5.45. The molecule has 0 fully saturated rings. The maximum atomic E-state index is 8.69. The first-order valence-electron chi connectivity index (χ1n) is 5.76. The van der Waals surface area contributed by atoms with Crippen molar-refractivity contribution in [3.05, 3.63) is 54.1 Å². The van der Waals surface area contributed by atoms with Gasteiger partial charge in [0.1, 0.15) is 11.8 Å². The normalized spacial score (nSPS) is 9.78. The minimum absolute atomic E-state index is 0.446. The van der Waals surface area contributed by atoms with E-state index in [2.05, 4.69) is 14.9 Å². The van der Waals surface area contributed by atoms with E-state index >= 15 is 0 Å². The monoisotopic (exact) mass is 238 g/mol. The van der Waals surface area contributed by atoms with Crippen LogP contribution in [0.25, 0.3) is 0 Å². The number of anilines is 1. The molecule has 0 bridgehead atoms. The summed E-state index contributed by atoms with van der Waals surface area (Å²) in [5, 5.41) is 8.69. The van der Waals surface area contributed by atoms with Gasteiger partial charge in [0.25, 0.3) is 0 Å². The quantitative estimate of drug-likeness (QED) is 0.817. The van der Waals surface area contributed by atoms with Gasteiger partial charge in [-0.05, 0) is 36.2 Å². The maximum Gasteiger partial charge on any atom is 0.140 e. The Labute approximate surface area is 107 Å². The molecule has 90 valence electrons. The Balaban J connectivity index is 1.95. The summed E-state index contributed by atoms with van der Waals surface area (Å²) in [6.45, 7) is 0.900.